The van der Waals surface area contributed by atoms with E-state index in [-0.39, 0.29) is 5.41 Å². The molecule has 1 aliphatic rings. The van der Waals surface area contributed by atoms with E-state index in [1.807, 2.05) is 6.07 Å². The van der Waals surface area contributed by atoms with Crippen molar-refractivity contribution in [3.05, 3.63) is 217 Å². The molecule has 11 aromatic rings. The smallest absolute Gasteiger partial charge is 0.160 e. The summed E-state index contributed by atoms with van der Waals surface area (Å²) in [6.07, 6.45) is 0. The number of fused-ring (bicyclic) bond motifs is 7. The fraction of sp³-hybridized carbons (Fsp3) is 0.0508. The van der Waals surface area contributed by atoms with Crippen molar-refractivity contribution in [2.45, 2.75) is 19.3 Å². The molecule has 0 N–H and O–H groups in total. The van der Waals surface area contributed by atoms with Gasteiger partial charge >= 0.3 is 0 Å². The van der Waals surface area contributed by atoms with Crippen LogP contribution in [0.5, 0.6) is 0 Å². The van der Waals surface area contributed by atoms with Gasteiger partial charge in [-0.2, -0.15) is 0 Å². The molecule has 2 nitrogen and oxygen atoms in total. The zero-order valence-corrected chi connectivity index (χ0v) is 34.0. The Morgan fingerprint density at radius 2 is 0.820 bits per heavy atom. The largest absolute Gasteiger partial charge is 0.228 e. The van der Waals surface area contributed by atoms with E-state index in [1.54, 1.807) is 0 Å². The maximum absolute atomic E-state index is 5.35. The number of benzene rings is 10. The van der Waals surface area contributed by atoms with Gasteiger partial charge in [-0.15, -0.1) is 0 Å². The summed E-state index contributed by atoms with van der Waals surface area (Å²) in [4.78, 5) is 10.6. The first-order chi connectivity index (χ1) is 30.0. The van der Waals surface area contributed by atoms with Crippen molar-refractivity contribution in [3.8, 4) is 67.3 Å². The van der Waals surface area contributed by atoms with E-state index in [0.29, 0.717) is 0 Å². The van der Waals surface area contributed by atoms with Gasteiger partial charge in [-0.05, 0) is 100 Å². The van der Waals surface area contributed by atoms with Crippen molar-refractivity contribution in [3.63, 3.8) is 0 Å². The average Bonchev–Trinajstić information content (AvgIpc) is 3.56. The molecule has 0 unspecified atom stereocenters. The van der Waals surface area contributed by atoms with E-state index in [1.165, 1.54) is 87.6 Å². The third-order valence-corrected chi connectivity index (χ3v) is 13.0. The summed E-state index contributed by atoms with van der Waals surface area (Å²) < 4.78 is 0. The van der Waals surface area contributed by atoms with Crippen molar-refractivity contribution >= 4 is 43.1 Å². The van der Waals surface area contributed by atoms with E-state index < -0.39 is 0 Å². The zero-order chi connectivity index (χ0) is 40.7. The number of hydrogen-bond donors (Lipinski definition) is 0. The van der Waals surface area contributed by atoms with Crippen LogP contribution in [0, 0.1) is 0 Å². The normalized spacial score (nSPS) is 12.9. The van der Waals surface area contributed by atoms with Crippen LogP contribution in [0.2, 0.25) is 0 Å². The van der Waals surface area contributed by atoms with Gasteiger partial charge in [0.1, 0.15) is 0 Å². The Labute approximate surface area is 355 Å². The Morgan fingerprint density at radius 3 is 1.49 bits per heavy atom. The number of nitrogens with zero attached hydrogens (tertiary/aromatic N) is 2. The zero-order valence-electron chi connectivity index (χ0n) is 34.0. The van der Waals surface area contributed by atoms with Crippen LogP contribution >= 0.6 is 0 Å². The fourth-order valence-electron chi connectivity index (χ4n) is 10.0. The first-order valence-corrected chi connectivity index (χ1v) is 21.1. The summed E-state index contributed by atoms with van der Waals surface area (Å²) in [5, 5.41) is 9.94. The second-order valence-corrected chi connectivity index (χ2v) is 16.9. The fourth-order valence-corrected chi connectivity index (χ4v) is 10.0. The lowest BCUT2D eigenvalue weighted by atomic mass is 9.80. The summed E-state index contributed by atoms with van der Waals surface area (Å²) in [7, 11) is 0. The summed E-state index contributed by atoms with van der Waals surface area (Å²) >= 11 is 0. The molecule has 0 radical (unpaired) electrons. The molecule has 0 amide bonds. The van der Waals surface area contributed by atoms with Crippen LogP contribution in [0.3, 0.4) is 0 Å². The van der Waals surface area contributed by atoms with Crippen molar-refractivity contribution in [2.24, 2.45) is 0 Å². The molecule has 286 valence electrons. The lowest BCUT2D eigenvalue weighted by Crippen LogP contribution is -2.17. The lowest BCUT2D eigenvalue weighted by Gasteiger charge is -2.24. The molecule has 0 aliphatic heterocycles. The van der Waals surface area contributed by atoms with Crippen LogP contribution in [-0.4, -0.2) is 9.97 Å². The van der Waals surface area contributed by atoms with Crippen LogP contribution in [0.15, 0.2) is 206 Å². The van der Waals surface area contributed by atoms with Gasteiger partial charge in [0.15, 0.2) is 5.82 Å². The van der Waals surface area contributed by atoms with E-state index >= 15 is 0 Å². The third-order valence-electron chi connectivity index (χ3n) is 13.0. The van der Waals surface area contributed by atoms with E-state index in [2.05, 4.69) is 214 Å². The molecule has 0 fully saturated rings. The first kappa shape index (κ1) is 35.3. The molecule has 0 atom stereocenters. The second-order valence-electron chi connectivity index (χ2n) is 16.9. The predicted octanol–water partition coefficient (Wildman–Crippen LogP) is 15.7. The van der Waals surface area contributed by atoms with Crippen LogP contribution in [-0.2, 0) is 5.41 Å². The third kappa shape index (κ3) is 5.64. The van der Waals surface area contributed by atoms with Gasteiger partial charge in [-0.1, -0.05) is 202 Å². The van der Waals surface area contributed by atoms with Gasteiger partial charge in [0.25, 0.3) is 0 Å². The van der Waals surface area contributed by atoms with Crippen LogP contribution in [0.4, 0.5) is 0 Å². The molecule has 0 spiro atoms. The predicted molar refractivity (Wildman–Crippen MR) is 257 cm³/mol. The van der Waals surface area contributed by atoms with Gasteiger partial charge < -0.3 is 0 Å². The Bertz CT molecular complexity index is 3540. The van der Waals surface area contributed by atoms with E-state index in [4.69, 9.17) is 9.97 Å². The summed E-state index contributed by atoms with van der Waals surface area (Å²) in [5.74, 6) is 0.746. The highest BCUT2D eigenvalue weighted by atomic mass is 14.9. The van der Waals surface area contributed by atoms with E-state index in [9.17, 15) is 0 Å². The van der Waals surface area contributed by atoms with Crippen LogP contribution in [0.25, 0.3) is 110 Å². The molecule has 0 saturated carbocycles. The Kier molecular flexibility index (Phi) is 7.92. The molecule has 1 heterocycles. The molecule has 61 heavy (non-hydrogen) atoms. The maximum atomic E-state index is 5.35. The van der Waals surface area contributed by atoms with Gasteiger partial charge in [0.05, 0.1) is 11.4 Å². The van der Waals surface area contributed by atoms with Gasteiger partial charge in [-0.3, -0.25) is 0 Å². The Hall–Kier alpha value is -7.68. The highest BCUT2D eigenvalue weighted by molar-refractivity contribution is 6.22. The van der Waals surface area contributed by atoms with Gasteiger partial charge in [-0.25, -0.2) is 9.97 Å². The average molecular weight is 777 g/mol. The van der Waals surface area contributed by atoms with E-state index in [0.717, 1.165) is 33.9 Å². The molecule has 10 aromatic carbocycles. The summed E-state index contributed by atoms with van der Waals surface area (Å²) in [6, 6.07) is 75.2. The monoisotopic (exact) mass is 776 g/mol. The standard InChI is InChI=1S/C59H40N2/c1-59(2)52-23-13-12-22-50(52)57-55(59)56(60-58(61-57)41-16-4-3-5-17-41)40-28-24-39(25-29-40)44-32-33-49-51(36-44)54(46-31-27-38-15-7-9-19-43(38)35-46)48-21-11-10-20-47(48)53(49)45-30-26-37-14-6-8-18-42(37)34-45/h3-36H,1-2H3. The molecule has 1 aromatic heterocycles. The number of aromatic nitrogens is 2. The second kappa shape index (κ2) is 13.7. The SMILES string of the molecule is CC1(C)c2ccccc2-c2nc(-c3ccccc3)nc(-c3ccc(-c4ccc5c(-c6ccc7ccccc7c6)c6ccccc6c(-c6ccc7ccccc7c6)c5c4)cc3)c21. The molecule has 12 rings (SSSR count). The maximum Gasteiger partial charge on any atom is 0.160 e. The van der Waals surface area contributed by atoms with Gasteiger partial charge in [0, 0.05) is 27.7 Å². The molecular weight excluding hydrogens is 737 g/mol. The minimum atomic E-state index is -0.252. The Balaban J connectivity index is 1.06. The highest BCUT2D eigenvalue weighted by Crippen LogP contribution is 2.52. The van der Waals surface area contributed by atoms with Crippen molar-refractivity contribution in [1.82, 2.24) is 9.97 Å². The van der Waals surface area contributed by atoms with Crippen LogP contribution in [0.1, 0.15) is 25.0 Å². The summed E-state index contributed by atoms with van der Waals surface area (Å²) in [5.41, 5.74) is 14.8. The van der Waals surface area contributed by atoms with Gasteiger partial charge in [0.2, 0.25) is 0 Å². The first-order valence-electron chi connectivity index (χ1n) is 21.1. The highest BCUT2D eigenvalue weighted by Gasteiger charge is 2.40. The van der Waals surface area contributed by atoms with Crippen molar-refractivity contribution < 1.29 is 0 Å². The minimum absolute atomic E-state index is 0.252. The topological polar surface area (TPSA) is 25.8 Å². The lowest BCUT2D eigenvalue weighted by molar-refractivity contribution is 0.658. The number of rotatable bonds is 5. The summed E-state index contributed by atoms with van der Waals surface area (Å²) in [6.45, 7) is 4.61. The van der Waals surface area contributed by atoms with Crippen LogP contribution < -0.4 is 0 Å². The van der Waals surface area contributed by atoms with Crippen molar-refractivity contribution in [2.75, 3.05) is 0 Å². The molecule has 0 saturated heterocycles. The Morgan fingerprint density at radius 1 is 0.328 bits per heavy atom. The molecule has 1 aliphatic carbocycles. The number of hydrogen-bond acceptors (Lipinski definition) is 2. The molecule has 2 heteroatoms. The molecular formula is C59H40N2. The minimum Gasteiger partial charge on any atom is -0.228 e. The molecule has 0 bridgehead atoms. The van der Waals surface area contributed by atoms with Crippen molar-refractivity contribution in [1.29, 1.82) is 0 Å². The quantitative estimate of drug-likeness (QED) is 0.163.